The Morgan fingerprint density at radius 3 is 2.72 bits per heavy atom. The standard InChI is InChI=1S/C15H13NO2/c17-15(9-8-13-5-2-1-3-6-13)18-12-14-7-4-10-16-11-14/h1-11H,12H2. The van der Waals surface area contributed by atoms with E-state index in [0.717, 1.165) is 11.1 Å². The van der Waals surface area contributed by atoms with Gasteiger partial charge in [0.2, 0.25) is 0 Å². The molecule has 0 atom stereocenters. The molecule has 0 aliphatic carbocycles. The summed E-state index contributed by atoms with van der Waals surface area (Å²) in [5.74, 6) is -0.359. The van der Waals surface area contributed by atoms with E-state index in [0.29, 0.717) is 0 Å². The monoisotopic (exact) mass is 239 g/mol. The maximum Gasteiger partial charge on any atom is 0.331 e. The van der Waals surface area contributed by atoms with Gasteiger partial charge in [-0.15, -0.1) is 0 Å². The number of carbonyl (C=O) groups excluding carboxylic acids is 1. The summed E-state index contributed by atoms with van der Waals surface area (Å²) in [6.07, 6.45) is 6.51. The summed E-state index contributed by atoms with van der Waals surface area (Å²) in [6.45, 7) is 0.242. The van der Waals surface area contributed by atoms with Crippen molar-refractivity contribution in [2.45, 2.75) is 6.61 Å². The Morgan fingerprint density at radius 1 is 1.17 bits per heavy atom. The molecule has 90 valence electrons. The van der Waals surface area contributed by atoms with E-state index in [1.165, 1.54) is 6.08 Å². The molecule has 0 radical (unpaired) electrons. The molecule has 1 aromatic carbocycles. The van der Waals surface area contributed by atoms with Crippen LogP contribution in [0.4, 0.5) is 0 Å². The van der Waals surface area contributed by atoms with E-state index in [1.54, 1.807) is 18.5 Å². The highest BCUT2D eigenvalue weighted by Crippen LogP contribution is 2.02. The summed E-state index contributed by atoms with van der Waals surface area (Å²) in [5.41, 5.74) is 1.84. The predicted octanol–water partition coefficient (Wildman–Crippen LogP) is 2.84. The van der Waals surface area contributed by atoms with Crippen LogP contribution < -0.4 is 0 Å². The Hall–Kier alpha value is -2.42. The van der Waals surface area contributed by atoms with Crippen molar-refractivity contribution in [3.05, 3.63) is 72.1 Å². The minimum Gasteiger partial charge on any atom is -0.458 e. The highest BCUT2D eigenvalue weighted by Gasteiger charge is 1.98. The third-order valence-electron chi connectivity index (χ3n) is 2.32. The zero-order valence-electron chi connectivity index (χ0n) is 9.82. The molecule has 0 fully saturated rings. The normalized spacial score (nSPS) is 10.4. The molecule has 3 heteroatoms. The van der Waals surface area contributed by atoms with Crippen molar-refractivity contribution >= 4 is 12.0 Å². The molecule has 0 saturated carbocycles. The number of hydrogen-bond acceptors (Lipinski definition) is 3. The average molecular weight is 239 g/mol. The Bertz CT molecular complexity index is 521. The second kappa shape index (κ2) is 6.35. The first-order valence-corrected chi connectivity index (χ1v) is 5.63. The summed E-state index contributed by atoms with van der Waals surface area (Å²) >= 11 is 0. The van der Waals surface area contributed by atoms with Crippen LogP contribution in [0.15, 0.2) is 60.9 Å². The van der Waals surface area contributed by atoms with Gasteiger partial charge >= 0.3 is 5.97 Å². The van der Waals surface area contributed by atoms with Gasteiger partial charge in [-0.2, -0.15) is 0 Å². The van der Waals surface area contributed by atoms with E-state index in [4.69, 9.17) is 4.74 Å². The lowest BCUT2D eigenvalue weighted by atomic mass is 10.2. The lowest BCUT2D eigenvalue weighted by molar-refractivity contribution is -0.138. The fourth-order valence-corrected chi connectivity index (χ4v) is 1.41. The van der Waals surface area contributed by atoms with E-state index < -0.39 is 0 Å². The van der Waals surface area contributed by atoms with E-state index >= 15 is 0 Å². The van der Waals surface area contributed by atoms with Crippen LogP contribution in [-0.4, -0.2) is 11.0 Å². The molecule has 0 bridgehead atoms. The van der Waals surface area contributed by atoms with Gasteiger partial charge in [-0.1, -0.05) is 36.4 Å². The molecule has 2 aromatic rings. The topological polar surface area (TPSA) is 39.2 Å². The maximum absolute atomic E-state index is 11.5. The second-order valence-electron chi connectivity index (χ2n) is 3.71. The predicted molar refractivity (Wildman–Crippen MR) is 69.5 cm³/mol. The fraction of sp³-hybridized carbons (Fsp3) is 0.0667. The van der Waals surface area contributed by atoms with Crippen LogP contribution in [-0.2, 0) is 16.1 Å². The van der Waals surface area contributed by atoms with Crippen molar-refractivity contribution in [2.75, 3.05) is 0 Å². The largest absolute Gasteiger partial charge is 0.458 e. The molecule has 0 unspecified atom stereocenters. The number of pyridine rings is 1. The molecule has 2 rings (SSSR count). The first-order valence-electron chi connectivity index (χ1n) is 5.63. The maximum atomic E-state index is 11.5. The van der Waals surface area contributed by atoms with Crippen LogP contribution in [0, 0.1) is 0 Å². The second-order valence-corrected chi connectivity index (χ2v) is 3.71. The molecule has 0 N–H and O–H groups in total. The highest BCUT2D eigenvalue weighted by atomic mass is 16.5. The smallest absolute Gasteiger partial charge is 0.331 e. The lowest BCUT2D eigenvalue weighted by Crippen LogP contribution is -2.00. The van der Waals surface area contributed by atoms with Crippen LogP contribution >= 0.6 is 0 Å². The Morgan fingerprint density at radius 2 is 2.00 bits per heavy atom. The number of esters is 1. The van der Waals surface area contributed by atoms with Crippen molar-refractivity contribution in [3.63, 3.8) is 0 Å². The van der Waals surface area contributed by atoms with Gasteiger partial charge in [0.15, 0.2) is 0 Å². The van der Waals surface area contributed by atoms with E-state index in [9.17, 15) is 4.79 Å². The number of aromatic nitrogens is 1. The number of ether oxygens (including phenoxy) is 1. The molecular formula is C15H13NO2. The van der Waals surface area contributed by atoms with E-state index in [2.05, 4.69) is 4.98 Å². The number of nitrogens with zero attached hydrogens (tertiary/aromatic N) is 1. The number of hydrogen-bond donors (Lipinski definition) is 0. The molecular weight excluding hydrogens is 226 g/mol. The molecule has 3 nitrogen and oxygen atoms in total. The lowest BCUT2D eigenvalue weighted by Gasteiger charge is -2.00. The first-order chi connectivity index (χ1) is 8.84. The van der Waals surface area contributed by atoms with Gasteiger partial charge in [0.1, 0.15) is 6.61 Å². The van der Waals surface area contributed by atoms with Gasteiger partial charge in [-0.25, -0.2) is 4.79 Å². The van der Waals surface area contributed by atoms with Crippen LogP contribution in [0.1, 0.15) is 11.1 Å². The zero-order valence-corrected chi connectivity index (χ0v) is 9.82. The molecule has 0 aliphatic rings. The van der Waals surface area contributed by atoms with Crippen molar-refractivity contribution in [2.24, 2.45) is 0 Å². The molecule has 0 aliphatic heterocycles. The van der Waals surface area contributed by atoms with Crippen LogP contribution in [0.5, 0.6) is 0 Å². The van der Waals surface area contributed by atoms with Gasteiger partial charge in [-0.05, 0) is 17.7 Å². The van der Waals surface area contributed by atoms with Gasteiger partial charge in [0.25, 0.3) is 0 Å². The summed E-state index contributed by atoms with van der Waals surface area (Å²) in [6, 6.07) is 13.3. The SMILES string of the molecule is O=C(C=Cc1ccccc1)OCc1cccnc1. The van der Waals surface area contributed by atoms with Crippen molar-refractivity contribution in [1.29, 1.82) is 0 Å². The Balaban J connectivity index is 1.84. The van der Waals surface area contributed by atoms with Gasteiger partial charge < -0.3 is 4.74 Å². The average Bonchev–Trinajstić information content (AvgIpc) is 2.45. The summed E-state index contributed by atoms with van der Waals surface area (Å²) in [4.78, 5) is 15.4. The van der Waals surface area contributed by atoms with Crippen LogP contribution in [0.3, 0.4) is 0 Å². The minimum atomic E-state index is -0.359. The summed E-state index contributed by atoms with van der Waals surface area (Å²) in [5, 5.41) is 0. The zero-order chi connectivity index (χ0) is 12.6. The third kappa shape index (κ3) is 3.87. The number of benzene rings is 1. The minimum absolute atomic E-state index is 0.242. The first kappa shape index (κ1) is 12.0. The quantitative estimate of drug-likeness (QED) is 0.608. The Labute approximate surface area is 106 Å². The van der Waals surface area contributed by atoms with Gasteiger partial charge in [0, 0.05) is 24.0 Å². The fourth-order valence-electron chi connectivity index (χ4n) is 1.41. The van der Waals surface area contributed by atoms with E-state index in [1.807, 2.05) is 42.5 Å². The molecule has 0 saturated heterocycles. The van der Waals surface area contributed by atoms with Gasteiger partial charge in [0.05, 0.1) is 0 Å². The molecule has 0 amide bonds. The van der Waals surface area contributed by atoms with Crippen molar-refractivity contribution in [3.8, 4) is 0 Å². The molecule has 1 heterocycles. The molecule has 0 spiro atoms. The van der Waals surface area contributed by atoms with Crippen molar-refractivity contribution < 1.29 is 9.53 Å². The number of rotatable bonds is 4. The van der Waals surface area contributed by atoms with Crippen molar-refractivity contribution in [1.82, 2.24) is 4.98 Å². The van der Waals surface area contributed by atoms with Gasteiger partial charge in [-0.3, -0.25) is 4.98 Å². The van der Waals surface area contributed by atoms with E-state index in [-0.39, 0.29) is 12.6 Å². The summed E-state index contributed by atoms with van der Waals surface area (Å²) < 4.78 is 5.08. The molecule has 1 aromatic heterocycles. The van der Waals surface area contributed by atoms with Crippen LogP contribution in [0.25, 0.3) is 6.08 Å². The molecule has 18 heavy (non-hydrogen) atoms. The third-order valence-corrected chi connectivity index (χ3v) is 2.32. The highest BCUT2D eigenvalue weighted by molar-refractivity contribution is 5.86. The Kier molecular flexibility index (Phi) is 4.25. The summed E-state index contributed by atoms with van der Waals surface area (Å²) in [7, 11) is 0. The van der Waals surface area contributed by atoms with Crippen LogP contribution in [0.2, 0.25) is 0 Å². The number of carbonyl (C=O) groups is 1.